The summed E-state index contributed by atoms with van der Waals surface area (Å²) in [5.74, 6) is -4.03. The molecule has 80 heavy (non-hydrogen) atoms. The van der Waals surface area contributed by atoms with Crippen molar-refractivity contribution in [3.63, 3.8) is 0 Å². The monoisotopic (exact) mass is 1130 g/mol. The molecule has 2 aromatic heterocycles. The Hall–Kier alpha value is -7.11. The first-order valence-corrected chi connectivity index (χ1v) is 27.6. The van der Waals surface area contributed by atoms with E-state index < -0.39 is 70.3 Å². The average Bonchev–Trinajstić information content (AvgIpc) is 4.08. The van der Waals surface area contributed by atoms with Crippen molar-refractivity contribution >= 4 is 58.2 Å². The number of piperazine rings is 2. The van der Waals surface area contributed by atoms with Gasteiger partial charge in [0.1, 0.15) is 23.7 Å². The molecule has 3 aromatic carbocycles. The number of hydrogen-bond donors (Lipinski definition) is 4. The number of nitrogens with zero attached hydrogens (tertiary/aromatic N) is 8. The van der Waals surface area contributed by atoms with E-state index in [1.165, 1.54) is 29.4 Å². The summed E-state index contributed by atoms with van der Waals surface area (Å²) in [6.45, 7) is 13.9. The number of aryl methyl sites for hydroxylation is 1. The molecule has 428 valence electrons. The zero-order valence-electron chi connectivity index (χ0n) is 45.9. The third-order valence-corrected chi connectivity index (χ3v) is 16.2. The summed E-state index contributed by atoms with van der Waals surface area (Å²) in [5, 5.41) is 19.0. The normalized spacial score (nSPS) is 19.5. The molecule has 0 aliphatic carbocycles. The minimum atomic E-state index is -5.03. The van der Waals surface area contributed by atoms with Gasteiger partial charge in [-0.15, -0.1) is 11.3 Å². The minimum absolute atomic E-state index is 0.0115. The topological polar surface area (TPSA) is 197 Å². The Morgan fingerprint density at radius 2 is 1.49 bits per heavy atom. The van der Waals surface area contributed by atoms with Crippen LogP contribution < -0.4 is 25.8 Å². The van der Waals surface area contributed by atoms with Gasteiger partial charge in [0.25, 0.3) is 5.91 Å². The van der Waals surface area contributed by atoms with E-state index in [4.69, 9.17) is 0 Å². The van der Waals surface area contributed by atoms with Crippen LogP contribution in [0.25, 0.3) is 21.6 Å². The molecule has 0 saturated carbocycles. The Labute approximate surface area is 465 Å². The van der Waals surface area contributed by atoms with Gasteiger partial charge in [0.15, 0.2) is 0 Å². The lowest BCUT2D eigenvalue weighted by Gasteiger charge is -2.44. The highest BCUT2D eigenvalue weighted by atomic mass is 32.1. The van der Waals surface area contributed by atoms with Crippen molar-refractivity contribution in [1.29, 1.82) is 0 Å². The number of likely N-dealkylation sites (N-methyl/N-ethyl adjacent to an activating group) is 1. The highest BCUT2D eigenvalue weighted by Crippen LogP contribution is 2.38. The van der Waals surface area contributed by atoms with Gasteiger partial charge >= 0.3 is 6.18 Å². The number of benzene rings is 3. The number of carbonyl (C=O) groups is 5. The first-order valence-electron chi connectivity index (χ1n) is 26.7. The third-order valence-electron chi connectivity index (χ3n) is 15.2. The van der Waals surface area contributed by atoms with Gasteiger partial charge in [0.05, 0.1) is 44.7 Å². The van der Waals surface area contributed by atoms with Crippen LogP contribution in [0.2, 0.25) is 0 Å². The number of likely N-dealkylation sites (tertiary alicyclic amines) is 1. The molecule has 5 amide bonds. The smallest absolute Gasteiger partial charge is 0.391 e. The molecule has 0 radical (unpaired) electrons. The van der Waals surface area contributed by atoms with Crippen LogP contribution in [-0.4, -0.2) is 147 Å². The number of carbonyl (C=O) groups excluding carboxylic acids is 5. The van der Waals surface area contributed by atoms with Gasteiger partial charge in [-0.05, 0) is 87.5 Å². The third kappa shape index (κ3) is 13.9. The fraction of sp³-hybridized carbons (Fsp3) is 0.474. The van der Waals surface area contributed by atoms with Crippen LogP contribution in [0.1, 0.15) is 93.9 Å². The van der Waals surface area contributed by atoms with E-state index in [9.17, 15) is 46.6 Å². The van der Waals surface area contributed by atoms with E-state index in [1.807, 2.05) is 82.7 Å². The molecule has 23 heteroatoms. The lowest BCUT2D eigenvalue weighted by Crippen LogP contribution is -2.57. The summed E-state index contributed by atoms with van der Waals surface area (Å²) >= 11 is 1.55. The van der Waals surface area contributed by atoms with Gasteiger partial charge in [0, 0.05) is 107 Å². The summed E-state index contributed by atoms with van der Waals surface area (Å²) in [4.78, 5) is 91.2. The number of hydrogen-bond acceptors (Lipinski definition) is 13. The van der Waals surface area contributed by atoms with E-state index in [0.29, 0.717) is 58.1 Å². The number of anilines is 3. The van der Waals surface area contributed by atoms with Crippen LogP contribution in [0.4, 0.5) is 39.3 Å². The summed E-state index contributed by atoms with van der Waals surface area (Å²) in [6.07, 6.45) is -2.05. The van der Waals surface area contributed by atoms with Gasteiger partial charge in [-0.25, -0.2) is 23.7 Å². The average molecular weight is 1130 g/mol. The summed E-state index contributed by atoms with van der Waals surface area (Å²) < 4.78 is 72.1. The minimum Gasteiger partial charge on any atom is -0.391 e. The highest BCUT2D eigenvalue weighted by Gasteiger charge is 2.45. The number of aliphatic hydroxyl groups excluding tert-OH is 1. The molecule has 0 bridgehead atoms. The first-order chi connectivity index (χ1) is 37.9. The molecule has 5 aromatic rings. The van der Waals surface area contributed by atoms with Gasteiger partial charge in [0.2, 0.25) is 29.6 Å². The molecule has 3 aliphatic rings. The van der Waals surface area contributed by atoms with E-state index in [1.54, 1.807) is 21.7 Å². The number of amides is 5. The number of thiazole rings is 1. The zero-order valence-corrected chi connectivity index (χ0v) is 46.7. The van der Waals surface area contributed by atoms with Crippen molar-refractivity contribution in [1.82, 2.24) is 40.3 Å². The maximum Gasteiger partial charge on any atom is 0.417 e. The van der Waals surface area contributed by atoms with Gasteiger partial charge in [-0.3, -0.25) is 28.9 Å². The van der Waals surface area contributed by atoms with Crippen molar-refractivity contribution < 1.29 is 51.0 Å². The fourth-order valence-corrected chi connectivity index (χ4v) is 11.2. The molecular formula is C57H68F5N11O6S. The van der Waals surface area contributed by atoms with E-state index in [2.05, 4.69) is 35.8 Å². The molecule has 3 aliphatic heterocycles. The molecule has 8 rings (SSSR count). The van der Waals surface area contributed by atoms with Crippen molar-refractivity contribution in [2.24, 2.45) is 5.41 Å². The maximum atomic E-state index is 16.2. The van der Waals surface area contributed by atoms with Gasteiger partial charge < -0.3 is 40.7 Å². The van der Waals surface area contributed by atoms with Crippen LogP contribution in [-0.2, 0) is 31.9 Å². The molecule has 3 fully saturated rings. The predicted molar refractivity (Wildman–Crippen MR) is 295 cm³/mol. The molecule has 5 atom stereocenters. The number of alkyl halides is 3. The molecule has 3 saturated heterocycles. The highest BCUT2D eigenvalue weighted by molar-refractivity contribution is 7.13. The van der Waals surface area contributed by atoms with Gasteiger partial charge in [-0.1, -0.05) is 45.0 Å². The van der Waals surface area contributed by atoms with E-state index in [-0.39, 0.29) is 84.8 Å². The standard InChI is InChI=1S/C57H68F5N11O6S/c1-33-29-72(30-34(2)69(33)7)46-25-44(59)42(24-45(46)67-52(77)41-17-16-39(58)22-43(41)57(60,61)62)38-27-64-55(65-28-38)71-20-18-70(19-21-71)49(76)11-9-8-10-48(75)68-51(56(4,5)6)54(79)73-31-40(74)23-47(73)53(78)63-26-36-12-14-37(15-13-36)50-35(3)66-32-80-50/h12-17,22,24-25,27-28,32-34,40,47,51,74H,8-11,18-21,23,26,29-31H2,1-7H3,(H,63,78)(H,67,77)(H,68,75)/t33-,34+,40-,47+,51?/m1/s1. The second-order valence-electron chi connectivity index (χ2n) is 22.1. The molecular weight excluding hydrogens is 1060 g/mol. The molecule has 1 unspecified atom stereocenters. The largest absolute Gasteiger partial charge is 0.417 e. The zero-order chi connectivity index (χ0) is 57.8. The Kier molecular flexibility index (Phi) is 18.2. The molecule has 5 heterocycles. The van der Waals surface area contributed by atoms with Crippen molar-refractivity contribution in [3.05, 3.63) is 107 Å². The molecule has 0 spiro atoms. The number of aromatic nitrogens is 3. The van der Waals surface area contributed by atoms with Crippen molar-refractivity contribution in [3.8, 4) is 21.6 Å². The number of β-amino-alcohol motifs (C(OH)–C–C–N with tert-alkyl or cyclic N) is 1. The van der Waals surface area contributed by atoms with Crippen LogP contribution >= 0.6 is 11.3 Å². The lowest BCUT2D eigenvalue weighted by molar-refractivity contribution is -0.144. The number of nitrogens with one attached hydrogen (secondary N) is 3. The number of aliphatic hydroxyl groups is 1. The van der Waals surface area contributed by atoms with E-state index in [0.717, 1.165) is 33.8 Å². The van der Waals surface area contributed by atoms with Crippen LogP contribution in [0.3, 0.4) is 0 Å². The lowest BCUT2D eigenvalue weighted by atomic mass is 9.85. The van der Waals surface area contributed by atoms with Crippen LogP contribution in [0, 0.1) is 24.0 Å². The molecule has 4 N–H and O–H groups in total. The Morgan fingerprint density at radius 3 is 2.11 bits per heavy atom. The summed E-state index contributed by atoms with van der Waals surface area (Å²) in [5.41, 5.74) is 2.13. The van der Waals surface area contributed by atoms with Crippen LogP contribution in [0.5, 0.6) is 0 Å². The van der Waals surface area contributed by atoms with Crippen LogP contribution in [0.15, 0.2) is 72.5 Å². The molecule has 17 nitrogen and oxygen atoms in total. The quantitative estimate of drug-likeness (QED) is 0.0557. The Morgan fingerprint density at radius 1 is 0.825 bits per heavy atom. The number of unbranched alkanes of at least 4 members (excludes halogenated alkanes) is 1. The predicted octanol–water partition coefficient (Wildman–Crippen LogP) is 7.67. The number of halogens is 5. The fourth-order valence-electron chi connectivity index (χ4n) is 10.4. The maximum absolute atomic E-state index is 16.2. The van der Waals surface area contributed by atoms with E-state index >= 15 is 4.39 Å². The first kappa shape index (κ1) is 59.0. The summed E-state index contributed by atoms with van der Waals surface area (Å²) in [7, 11) is 1.96. The SMILES string of the molecule is Cc1ncsc1-c1ccc(CNC(=O)[C@@H]2C[C@@H](O)CN2C(=O)C(NC(=O)CCCCC(=O)N2CCN(c3ncc(-c4cc(NC(=O)c5ccc(F)cc5C(F)(F)F)c(N5C[C@@H](C)N(C)[C@@H](C)C5)cc4F)cn3)CC2)C(C)(C)C)cc1. The Bertz CT molecular complexity index is 3050. The second kappa shape index (κ2) is 24.7. The van der Waals surface area contributed by atoms with Crippen molar-refractivity contribution in [2.45, 2.75) is 117 Å². The Balaban J connectivity index is 0.823. The van der Waals surface area contributed by atoms with Crippen molar-refractivity contribution in [2.75, 3.05) is 68.0 Å². The number of rotatable bonds is 16. The summed E-state index contributed by atoms with van der Waals surface area (Å²) in [6, 6.07) is 10.2. The van der Waals surface area contributed by atoms with Gasteiger partial charge in [-0.2, -0.15) is 13.2 Å². The second-order valence-corrected chi connectivity index (χ2v) is 22.9.